The number of halogens is 1. The van der Waals surface area contributed by atoms with Crippen LogP contribution in [0.1, 0.15) is 21.8 Å². The van der Waals surface area contributed by atoms with Crippen LogP contribution in [0.15, 0.2) is 40.9 Å². The summed E-state index contributed by atoms with van der Waals surface area (Å²) in [5.41, 5.74) is 1.13. The number of esters is 1. The normalized spacial score (nSPS) is 10.2. The molecule has 2 aromatic rings. The van der Waals surface area contributed by atoms with Gasteiger partial charge < -0.3 is 9.26 Å². The average Bonchev–Trinajstić information content (AvgIpc) is 2.86. The van der Waals surface area contributed by atoms with Crippen molar-refractivity contribution in [3.63, 3.8) is 0 Å². The lowest BCUT2D eigenvalue weighted by Crippen LogP contribution is -2.05. The van der Waals surface area contributed by atoms with E-state index in [1.807, 2.05) is 30.3 Å². The third-order valence-corrected chi connectivity index (χ3v) is 2.67. The highest BCUT2D eigenvalue weighted by atomic mass is 79.9. The molecule has 0 spiro atoms. The van der Waals surface area contributed by atoms with E-state index in [2.05, 4.69) is 21.1 Å². The number of hydrogen-bond donors (Lipinski definition) is 0. The fourth-order valence-corrected chi connectivity index (χ4v) is 1.53. The molecule has 0 atom stereocenters. The van der Waals surface area contributed by atoms with Crippen LogP contribution in [-0.2, 0) is 16.7 Å². The predicted molar refractivity (Wildman–Crippen MR) is 64.7 cm³/mol. The summed E-state index contributed by atoms with van der Waals surface area (Å²) in [4.78, 5) is 11.6. The SMILES string of the molecule is O=C(OCc1ccccc1)c1cc(CBr)on1. The van der Waals surface area contributed by atoms with Gasteiger partial charge in [-0.2, -0.15) is 0 Å². The number of nitrogens with zero attached hydrogens (tertiary/aromatic N) is 1. The topological polar surface area (TPSA) is 52.3 Å². The quantitative estimate of drug-likeness (QED) is 0.643. The van der Waals surface area contributed by atoms with E-state index in [1.165, 1.54) is 0 Å². The Morgan fingerprint density at radius 1 is 1.35 bits per heavy atom. The molecule has 0 amide bonds. The van der Waals surface area contributed by atoms with E-state index in [0.29, 0.717) is 11.1 Å². The Labute approximate surface area is 107 Å². The molecule has 0 saturated heterocycles. The molecule has 1 heterocycles. The maximum Gasteiger partial charge on any atom is 0.360 e. The summed E-state index contributed by atoms with van der Waals surface area (Å²) in [6.45, 7) is 0.232. The Morgan fingerprint density at radius 3 is 2.76 bits per heavy atom. The second-order valence-electron chi connectivity index (χ2n) is 3.37. The van der Waals surface area contributed by atoms with Gasteiger partial charge in [-0.1, -0.05) is 51.4 Å². The van der Waals surface area contributed by atoms with E-state index in [0.717, 1.165) is 5.56 Å². The molecule has 0 aliphatic heterocycles. The molecule has 0 bridgehead atoms. The summed E-state index contributed by atoms with van der Waals surface area (Å²) in [6.07, 6.45) is 0. The van der Waals surface area contributed by atoms with Crippen LogP contribution < -0.4 is 0 Å². The number of carbonyl (C=O) groups excluding carboxylic acids is 1. The Bertz CT molecular complexity index is 495. The first-order valence-electron chi connectivity index (χ1n) is 5.02. The lowest BCUT2D eigenvalue weighted by molar-refractivity contribution is 0.0461. The monoisotopic (exact) mass is 295 g/mol. The second kappa shape index (κ2) is 5.63. The molecule has 0 radical (unpaired) electrons. The molecule has 5 heteroatoms. The van der Waals surface area contributed by atoms with Gasteiger partial charge in [-0.25, -0.2) is 4.79 Å². The van der Waals surface area contributed by atoms with E-state index in [1.54, 1.807) is 6.07 Å². The average molecular weight is 296 g/mol. The van der Waals surface area contributed by atoms with Crippen molar-refractivity contribution >= 4 is 21.9 Å². The maximum absolute atomic E-state index is 11.6. The van der Waals surface area contributed by atoms with Gasteiger partial charge in [0.25, 0.3) is 0 Å². The second-order valence-corrected chi connectivity index (χ2v) is 3.93. The summed E-state index contributed by atoms with van der Waals surface area (Å²) in [6, 6.07) is 11.0. The highest BCUT2D eigenvalue weighted by molar-refractivity contribution is 9.08. The Hall–Kier alpha value is -1.62. The summed E-state index contributed by atoms with van der Waals surface area (Å²) >= 11 is 3.21. The van der Waals surface area contributed by atoms with Crippen LogP contribution in [0.3, 0.4) is 0 Å². The van der Waals surface area contributed by atoms with Crippen molar-refractivity contribution in [2.75, 3.05) is 0 Å². The molecule has 0 aliphatic rings. The van der Waals surface area contributed by atoms with Gasteiger partial charge in [0.1, 0.15) is 12.4 Å². The molecule has 0 unspecified atom stereocenters. The van der Waals surface area contributed by atoms with Gasteiger partial charge in [0.05, 0.1) is 5.33 Å². The van der Waals surface area contributed by atoms with E-state index in [4.69, 9.17) is 9.26 Å². The summed E-state index contributed by atoms with van der Waals surface area (Å²) in [7, 11) is 0. The number of aromatic nitrogens is 1. The zero-order valence-electron chi connectivity index (χ0n) is 8.93. The van der Waals surface area contributed by atoms with Crippen molar-refractivity contribution in [1.29, 1.82) is 0 Å². The van der Waals surface area contributed by atoms with E-state index in [9.17, 15) is 4.79 Å². The van der Waals surface area contributed by atoms with Gasteiger partial charge in [0.2, 0.25) is 0 Å². The first-order chi connectivity index (χ1) is 8.29. The maximum atomic E-state index is 11.6. The molecule has 0 N–H and O–H groups in total. The lowest BCUT2D eigenvalue weighted by Gasteiger charge is -2.01. The van der Waals surface area contributed by atoms with Crippen LogP contribution in [0.25, 0.3) is 0 Å². The number of carbonyl (C=O) groups is 1. The van der Waals surface area contributed by atoms with Crippen molar-refractivity contribution in [2.24, 2.45) is 0 Å². The number of ether oxygens (including phenoxy) is 1. The van der Waals surface area contributed by atoms with Crippen molar-refractivity contribution < 1.29 is 14.1 Å². The van der Waals surface area contributed by atoms with Gasteiger partial charge in [-0.05, 0) is 5.56 Å². The van der Waals surface area contributed by atoms with Crippen LogP contribution in [0, 0.1) is 0 Å². The molecule has 0 saturated carbocycles. The third kappa shape index (κ3) is 3.17. The summed E-state index contributed by atoms with van der Waals surface area (Å²) in [5, 5.41) is 4.14. The highest BCUT2D eigenvalue weighted by Crippen LogP contribution is 2.10. The van der Waals surface area contributed by atoms with Gasteiger partial charge in [-0.3, -0.25) is 0 Å². The molecule has 1 aromatic carbocycles. The molecule has 0 fully saturated rings. The van der Waals surface area contributed by atoms with Crippen LogP contribution in [-0.4, -0.2) is 11.1 Å². The summed E-state index contributed by atoms with van der Waals surface area (Å²) < 4.78 is 9.98. The van der Waals surface area contributed by atoms with Gasteiger partial charge in [0, 0.05) is 6.07 Å². The standard InChI is InChI=1S/C12H10BrNO3/c13-7-10-6-11(14-17-10)12(15)16-8-9-4-2-1-3-5-9/h1-6H,7-8H2. The first kappa shape index (κ1) is 11.9. The van der Waals surface area contributed by atoms with Crippen molar-refractivity contribution in [1.82, 2.24) is 5.16 Å². The molecule has 17 heavy (non-hydrogen) atoms. The minimum atomic E-state index is -0.482. The number of hydrogen-bond acceptors (Lipinski definition) is 4. The molecule has 4 nitrogen and oxygen atoms in total. The van der Waals surface area contributed by atoms with Gasteiger partial charge in [0.15, 0.2) is 5.69 Å². The molecular formula is C12H10BrNO3. The fraction of sp³-hybridized carbons (Fsp3) is 0.167. The molecule has 0 aliphatic carbocycles. The third-order valence-electron chi connectivity index (χ3n) is 2.11. The lowest BCUT2D eigenvalue weighted by atomic mass is 10.2. The zero-order chi connectivity index (χ0) is 12.1. The van der Waals surface area contributed by atoms with Gasteiger partial charge in [-0.15, -0.1) is 0 Å². The smallest absolute Gasteiger partial charge is 0.360 e. The summed E-state index contributed by atoms with van der Waals surface area (Å²) in [5.74, 6) is 0.112. The van der Waals surface area contributed by atoms with Crippen LogP contribution in [0.5, 0.6) is 0 Å². The van der Waals surface area contributed by atoms with Crippen LogP contribution in [0.2, 0.25) is 0 Å². The minimum absolute atomic E-state index is 0.190. The predicted octanol–water partition coefficient (Wildman–Crippen LogP) is 2.93. The number of benzene rings is 1. The molecule has 88 valence electrons. The highest BCUT2D eigenvalue weighted by Gasteiger charge is 2.13. The Kier molecular flexibility index (Phi) is 3.93. The Morgan fingerprint density at radius 2 is 2.12 bits per heavy atom. The number of rotatable bonds is 4. The Balaban J connectivity index is 1.93. The molecule has 2 rings (SSSR count). The molecule has 1 aromatic heterocycles. The van der Waals surface area contributed by atoms with Crippen LogP contribution in [0.4, 0.5) is 0 Å². The van der Waals surface area contributed by atoms with Crippen LogP contribution >= 0.6 is 15.9 Å². The van der Waals surface area contributed by atoms with Gasteiger partial charge >= 0.3 is 5.97 Å². The van der Waals surface area contributed by atoms with E-state index in [-0.39, 0.29) is 12.3 Å². The van der Waals surface area contributed by atoms with E-state index >= 15 is 0 Å². The number of alkyl halides is 1. The fourth-order valence-electron chi connectivity index (χ4n) is 1.27. The molecular weight excluding hydrogens is 286 g/mol. The first-order valence-corrected chi connectivity index (χ1v) is 6.14. The minimum Gasteiger partial charge on any atom is -0.456 e. The van der Waals surface area contributed by atoms with E-state index < -0.39 is 5.97 Å². The zero-order valence-corrected chi connectivity index (χ0v) is 10.5. The van der Waals surface area contributed by atoms with Crippen molar-refractivity contribution in [2.45, 2.75) is 11.9 Å². The van der Waals surface area contributed by atoms with Crippen molar-refractivity contribution in [3.05, 3.63) is 53.4 Å². The largest absolute Gasteiger partial charge is 0.456 e. The van der Waals surface area contributed by atoms with Crippen molar-refractivity contribution in [3.8, 4) is 0 Å².